The highest BCUT2D eigenvalue weighted by molar-refractivity contribution is 6.29. The van der Waals surface area contributed by atoms with Crippen molar-refractivity contribution in [3.05, 3.63) is 0 Å². The molecule has 0 saturated heterocycles. The van der Waals surface area contributed by atoms with Crippen LogP contribution in [0.25, 0.3) is 0 Å². The van der Waals surface area contributed by atoms with E-state index in [4.69, 9.17) is 0 Å². The van der Waals surface area contributed by atoms with Crippen LogP contribution in [0, 0.1) is 0 Å². The molecule has 0 amide bonds. The molecule has 0 aliphatic heterocycles. The minimum atomic E-state index is 0.278. The Labute approximate surface area is 34.2 Å². The quantitative estimate of drug-likeness (QED) is 0.384. The van der Waals surface area contributed by atoms with E-state index in [1.807, 2.05) is 0 Å². The number of hydrogen-bond donors (Lipinski definition) is 0. The maximum Gasteiger partial charge on any atom is 0.0274 e. The average Bonchev–Trinajstić information content (AvgIpc) is 1.38. The summed E-state index contributed by atoms with van der Waals surface area (Å²) in [6, 6.07) is 0. The Bertz CT molecular complexity index is 20.9. The van der Waals surface area contributed by atoms with Crippen molar-refractivity contribution >= 4 is 7.41 Å². The van der Waals surface area contributed by atoms with Gasteiger partial charge in [-0.2, -0.15) is 6.82 Å². The van der Waals surface area contributed by atoms with Crippen LogP contribution in [0.2, 0.25) is 6.82 Å². The maximum atomic E-state index is 2.25. The fourth-order valence-corrected chi connectivity index (χ4v) is 0. The van der Waals surface area contributed by atoms with E-state index in [0.717, 1.165) is 0 Å². The minimum absolute atomic E-state index is 0.278. The van der Waals surface area contributed by atoms with E-state index in [0.29, 0.717) is 0 Å². The van der Waals surface area contributed by atoms with Gasteiger partial charge in [0.2, 0.25) is 0 Å². The third kappa shape index (κ3) is 4.02. The molecule has 0 aromatic rings. The van der Waals surface area contributed by atoms with Gasteiger partial charge in [0.15, 0.2) is 0 Å². The van der Waals surface area contributed by atoms with Gasteiger partial charge < -0.3 is 4.81 Å². The predicted octanol–water partition coefficient (Wildman–Crippen LogP) is -0.320. The van der Waals surface area contributed by atoms with Gasteiger partial charge in [0.05, 0.1) is 0 Å². The number of rotatable bonds is 1. The van der Waals surface area contributed by atoms with E-state index in [9.17, 15) is 0 Å². The largest absolute Gasteiger partial charge is 0.486 e. The van der Waals surface area contributed by atoms with E-state index in [2.05, 4.69) is 25.7 Å². The molecule has 5 heavy (non-hydrogen) atoms. The second kappa shape index (κ2) is 2.27. The third-order valence-electron chi connectivity index (χ3n) is 0.894. The Morgan fingerprint density at radius 2 is 1.60 bits per heavy atom. The summed E-state index contributed by atoms with van der Waals surface area (Å²) in [6.07, 6.45) is 0. The Hall–Kier alpha value is 0.0249. The molecule has 0 bridgehead atoms. The van der Waals surface area contributed by atoms with Gasteiger partial charge in [0, 0.05) is 7.41 Å². The average molecular weight is 71.9 g/mol. The molecule has 0 N–H and O–H groups in total. The molecule has 2 heteroatoms. The lowest BCUT2D eigenvalue weighted by Crippen LogP contribution is -2.12. The Kier molecular flexibility index (Phi) is 2.28. The molecule has 0 spiro atoms. The second-order valence-electron chi connectivity index (χ2n) is 1.79. The van der Waals surface area contributed by atoms with Gasteiger partial charge in [-0.25, -0.2) is 0 Å². The molecule has 0 aliphatic rings. The van der Waals surface area contributed by atoms with Gasteiger partial charge in [-0.05, 0) is 0 Å². The van der Waals surface area contributed by atoms with Crippen molar-refractivity contribution in [2.45, 2.75) is 6.82 Å². The molecule has 0 atom stereocenters. The smallest absolute Gasteiger partial charge is 0.0274 e. The maximum absolute atomic E-state index is 2.25. The molecule has 0 unspecified atom stereocenters. The Balaban J connectivity index is 2.54. The van der Waals surface area contributed by atoms with E-state index in [1.165, 1.54) is 0 Å². The van der Waals surface area contributed by atoms with Crippen LogP contribution < -0.4 is 0 Å². The van der Waals surface area contributed by atoms with Crippen LogP contribution >= 0.6 is 0 Å². The van der Waals surface area contributed by atoms with Crippen LogP contribution in [0.4, 0.5) is 0 Å². The highest BCUT2D eigenvalue weighted by atomic mass is 15.0. The molecule has 0 saturated carbocycles. The standard InChI is InChI=1S/C3H11BN/c1-4-5(2)3/h4H2,1-3H3/q-1. The van der Waals surface area contributed by atoms with Crippen LogP contribution in [0.1, 0.15) is 0 Å². The van der Waals surface area contributed by atoms with Gasteiger partial charge >= 0.3 is 0 Å². The monoisotopic (exact) mass is 72.1 g/mol. The fraction of sp³-hybridized carbons (Fsp3) is 1.00. The van der Waals surface area contributed by atoms with Crippen LogP contribution in [-0.2, 0) is 0 Å². The van der Waals surface area contributed by atoms with Crippen molar-refractivity contribution < 1.29 is 0 Å². The molecule has 0 rings (SSSR count). The predicted molar refractivity (Wildman–Crippen MR) is 28.1 cm³/mol. The first-order chi connectivity index (χ1) is 2.27. The summed E-state index contributed by atoms with van der Waals surface area (Å²) in [5.41, 5.74) is 0. The van der Waals surface area contributed by atoms with Crippen LogP contribution in [0.5, 0.6) is 0 Å². The van der Waals surface area contributed by atoms with Crippen molar-refractivity contribution in [1.82, 2.24) is 4.81 Å². The van der Waals surface area contributed by atoms with Gasteiger partial charge in [-0.3, -0.25) is 0 Å². The molecule has 0 radical (unpaired) electrons. The van der Waals surface area contributed by atoms with Crippen molar-refractivity contribution in [2.75, 3.05) is 14.1 Å². The summed E-state index contributed by atoms with van der Waals surface area (Å²) in [6.45, 7) is 2.25. The normalized spacial score (nSPS) is 9.60. The Morgan fingerprint density at radius 3 is 1.60 bits per heavy atom. The number of nitrogens with zero attached hydrogens (tertiary/aromatic N) is 1. The minimum Gasteiger partial charge on any atom is -0.486 e. The molecular formula is C3H11BN-. The van der Waals surface area contributed by atoms with Gasteiger partial charge in [0.25, 0.3) is 0 Å². The molecule has 0 aromatic heterocycles. The number of hydrogen-bond acceptors (Lipinski definition) is 1. The zero-order valence-corrected chi connectivity index (χ0v) is 4.45. The molecule has 0 aliphatic carbocycles. The summed E-state index contributed by atoms with van der Waals surface area (Å²) >= 11 is 0. The molecule has 32 valence electrons. The van der Waals surface area contributed by atoms with E-state index in [1.54, 1.807) is 0 Å². The molecule has 0 fully saturated rings. The van der Waals surface area contributed by atoms with Crippen LogP contribution in [0.3, 0.4) is 0 Å². The van der Waals surface area contributed by atoms with E-state index < -0.39 is 0 Å². The Morgan fingerprint density at radius 1 is 1.40 bits per heavy atom. The molecule has 0 heterocycles. The van der Waals surface area contributed by atoms with Gasteiger partial charge in [0.1, 0.15) is 0 Å². The van der Waals surface area contributed by atoms with E-state index >= 15 is 0 Å². The lowest BCUT2D eigenvalue weighted by Gasteiger charge is -2.09. The molecule has 0 aromatic carbocycles. The zero-order chi connectivity index (χ0) is 4.28. The SMILES string of the molecule is C[BH2-]N(C)C. The van der Waals surface area contributed by atoms with Crippen molar-refractivity contribution in [2.24, 2.45) is 0 Å². The van der Waals surface area contributed by atoms with Gasteiger partial charge in [-0.15, -0.1) is 0 Å². The first-order valence-electron chi connectivity index (χ1n) is 2.34. The van der Waals surface area contributed by atoms with E-state index in [-0.39, 0.29) is 7.41 Å². The second-order valence-corrected chi connectivity index (χ2v) is 1.79. The summed E-state index contributed by atoms with van der Waals surface area (Å²) in [7, 11) is 4.50. The topological polar surface area (TPSA) is 3.24 Å². The van der Waals surface area contributed by atoms with Crippen LogP contribution in [-0.4, -0.2) is 26.3 Å². The zero-order valence-electron chi connectivity index (χ0n) is 4.45. The van der Waals surface area contributed by atoms with Crippen molar-refractivity contribution in [3.63, 3.8) is 0 Å². The highest BCUT2D eigenvalue weighted by Crippen LogP contribution is 1.60. The summed E-state index contributed by atoms with van der Waals surface area (Å²) in [5, 5.41) is 0. The van der Waals surface area contributed by atoms with Crippen molar-refractivity contribution in [1.29, 1.82) is 0 Å². The summed E-state index contributed by atoms with van der Waals surface area (Å²) in [5.74, 6) is 0. The van der Waals surface area contributed by atoms with Crippen LogP contribution in [0.15, 0.2) is 0 Å². The summed E-state index contributed by atoms with van der Waals surface area (Å²) in [4.78, 5) is 2.25. The first kappa shape index (κ1) is 5.02. The summed E-state index contributed by atoms with van der Waals surface area (Å²) < 4.78 is 0. The molecule has 1 nitrogen and oxygen atoms in total. The third-order valence-corrected chi connectivity index (χ3v) is 0.894. The fourth-order valence-electron chi connectivity index (χ4n) is 0. The van der Waals surface area contributed by atoms with Crippen molar-refractivity contribution in [3.8, 4) is 0 Å². The van der Waals surface area contributed by atoms with Gasteiger partial charge in [-0.1, -0.05) is 14.1 Å². The molecular weight excluding hydrogens is 60.9 g/mol. The first-order valence-corrected chi connectivity index (χ1v) is 2.34. The highest BCUT2D eigenvalue weighted by Gasteiger charge is 1.64. The lowest BCUT2D eigenvalue weighted by molar-refractivity contribution is 0.665. The lowest BCUT2D eigenvalue weighted by atomic mass is 9.99.